The van der Waals surface area contributed by atoms with Crippen LogP contribution in [-0.4, -0.2) is 0 Å². The normalized spacial score (nSPS) is 10.6. The van der Waals surface area contributed by atoms with Crippen LogP contribution in [-0.2, 0) is 0 Å². The van der Waals surface area contributed by atoms with Gasteiger partial charge in [-0.3, -0.25) is 0 Å². The van der Waals surface area contributed by atoms with Crippen molar-refractivity contribution >= 4 is 39.7 Å². The van der Waals surface area contributed by atoms with Crippen LogP contribution in [0, 0.1) is 0 Å². The van der Waals surface area contributed by atoms with E-state index in [4.69, 9.17) is 28.9 Å². The minimum absolute atomic E-state index is 0.607. The minimum atomic E-state index is 0.607. The fourth-order valence-corrected chi connectivity index (χ4v) is 1.89. The van der Waals surface area contributed by atoms with Crippen molar-refractivity contribution in [2.75, 3.05) is 5.73 Å². The van der Waals surface area contributed by atoms with Crippen LogP contribution in [0.5, 0.6) is 0 Å². The highest BCUT2D eigenvalue weighted by atomic mass is 35.5. The SMILES string of the molecule is Nc1cccc2c(Cl)cc(Cl)cc12. The Morgan fingerprint density at radius 1 is 1.00 bits per heavy atom. The van der Waals surface area contributed by atoms with E-state index in [1.807, 2.05) is 24.3 Å². The van der Waals surface area contributed by atoms with Crippen molar-refractivity contribution in [1.29, 1.82) is 0 Å². The first-order valence-electron chi connectivity index (χ1n) is 3.82. The van der Waals surface area contributed by atoms with Gasteiger partial charge in [-0.25, -0.2) is 0 Å². The van der Waals surface area contributed by atoms with E-state index >= 15 is 0 Å². The molecule has 2 N–H and O–H groups in total. The maximum Gasteiger partial charge on any atom is 0.0499 e. The lowest BCUT2D eigenvalue weighted by Crippen LogP contribution is -1.86. The van der Waals surface area contributed by atoms with E-state index in [2.05, 4.69) is 0 Å². The summed E-state index contributed by atoms with van der Waals surface area (Å²) in [4.78, 5) is 0. The van der Waals surface area contributed by atoms with Crippen molar-refractivity contribution in [3.63, 3.8) is 0 Å². The Balaban J connectivity index is 2.94. The summed E-state index contributed by atoms with van der Waals surface area (Å²) in [7, 11) is 0. The van der Waals surface area contributed by atoms with Crippen LogP contribution >= 0.6 is 23.2 Å². The summed E-state index contributed by atoms with van der Waals surface area (Å²) in [5.74, 6) is 0. The molecule has 3 heteroatoms. The first-order valence-corrected chi connectivity index (χ1v) is 4.57. The summed E-state index contributed by atoms with van der Waals surface area (Å²) in [5, 5.41) is 3.08. The number of halogens is 2. The van der Waals surface area contributed by atoms with Gasteiger partial charge < -0.3 is 5.73 Å². The third-order valence-corrected chi connectivity index (χ3v) is 2.47. The molecule has 0 saturated heterocycles. The molecule has 0 aliphatic rings. The Labute approximate surface area is 86.1 Å². The summed E-state index contributed by atoms with van der Waals surface area (Å²) in [5.41, 5.74) is 6.47. The second-order valence-electron chi connectivity index (χ2n) is 2.83. The zero-order chi connectivity index (χ0) is 9.42. The number of nitrogen functional groups attached to an aromatic ring is 1. The second-order valence-corrected chi connectivity index (χ2v) is 3.67. The van der Waals surface area contributed by atoms with Crippen molar-refractivity contribution in [3.05, 3.63) is 40.4 Å². The molecule has 0 saturated carbocycles. The smallest absolute Gasteiger partial charge is 0.0499 e. The highest BCUT2D eigenvalue weighted by molar-refractivity contribution is 6.39. The number of fused-ring (bicyclic) bond motifs is 1. The van der Waals surface area contributed by atoms with Crippen molar-refractivity contribution < 1.29 is 0 Å². The maximum absolute atomic E-state index is 5.99. The van der Waals surface area contributed by atoms with Gasteiger partial charge in [0.25, 0.3) is 0 Å². The molecule has 66 valence electrons. The lowest BCUT2D eigenvalue weighted by atomic mass is 10.1. The molecule has 0 aromatic heterocycles. The number of benzene rings is 2. The van der Waals surface area contributed by atoms with E-state index in [0.29, 0.717) is 15.7 Å². The molecular weight excluding hydrogens is 205 g/mol. The molecule has 0 aliphatic carbocycles. The molecule has 2 rings (SSSR count). The van der Waals surface area contributed by atoms with Crippen LogP contribution < -0.4 is 5.73 Å². The molecule has 0 amide bonds. The topological polar surface area (TPSA) is 26.0 Å². The fraction of sp³-hybridized carbons (Fsp3) is 0. The van der Waals surface area contributed by atoms with Gasteiger partial charge in [-0.1, -0.05) is 35.3 Å². The van der Waals surface area contributed by atoms with Gasteiger partial charge in [0.05, 0.1) is 0 Å². The summed E-state index contributed by atoms with van der Waals surface area (Å²) in [6.07, 6.45) is 0. The van der Waals surface area contributed by atoms with Crippen LogP contribution in [0.3, 0.4) is 0 Å². The summed E-state index contributed by atoms with van der Waals surface area (Å²) in [6, 6.07) is 9.15. The van der Waals surface area contributed by atoms with E-state index in [1.54, 1.807) is 6.07 Å². The Morgan fingerprint density at radius 3 is 2.54 bits per heavy atom. The Morgan fingerprint density at radius 2 is 1.77 bits per heavy atom. The van der Waals surface area contributed by atoms with E-state index in [1.165, 1.54) is 0 Å². The lowest BCUT2D eigenvalue weighted by molar-refractivity contribution is 1.72. The molecular formula is C10H7Cl2N. The predicted molar refractivity (Wildman–Crippen MR) is 58.4 cm³/mol. The third kappa shape index (κ3) is 1.45. The number of anilines is 1. The lowest BCUT2D eigenvalue weighted by Gasteiger charge is -2.03. The Hall–Kier alpha value is -0.920. The van der Waals surface area contributed by atoms with E-state index in [9.17, 15) is 0 Å². The molecule has 0 fully saturated rings. The highest BCUT2D eigenvalue weighted by Crippen LogP contribution is 2.30. The van der Waals surface area contributed by atoms with Gasteiger partial charge in [-0.15, -0.1) is 0 Å². The molecule has 0 bridgehead atoms. The van der Waals surface area contributed by atoms with E-state index < -0.39 is 0 Å². The largest absolute Gasteiger partial charge is 0.398 e. The van der Waals surface area contributed by atoms with Gasteiger partial charge >= 0.3 is 0 Å². The zero-order valence-corrected chi connectivity index (χ0v) is 8.23. The van der Waals surface area contributed by atoms with Crippen molar-refractivity contribution in [3.8, 4) is 0 Å². The van der Waals surface area contributed by atoms with Crippen LogP contribution in [0.1, 0.15) is 0 Å². The molecule has 0 heterocycles. The van der Waals surface area contributed by atoms with Gasteiger partial charge in [0.1, 0.15) is 0 Å². The number of rotatable bonds is 0. The molecule has 2 aromatic carbocycles. The average Bonchev–Trinajstić information content (AvgIpc) is 2.07. The number of hydrogen-bond donors (Lipinski definition) is 1. The molecule has 1 nitrogen and oxygen atoms in total. The first-order chi connectivity index (χ1) is 6.18. The number of hydrogen-bond acceptors (Lipinski definition) is 1. The number of nitrogens with two attached hydrogens (primary N) is 1. The van der Waals surface area contributed by atoms with E-state index in [0.717, 1.165) is 10.8 Å². The van der Waals surface area contributed by atoms with Crippen LogP contribution in [0.25, 0.3) is 10.8 Å². The average molecular weight is 212 g/mol. The minimum Gasteiger partial charge on any atom is -0.398 e. The molecule has 0 aliphatic heterocycles. The van der Waals surface area contributed by atoms with Crippen molar-refractivity contribution in [1.82, 2.24) is 0 Å². The summed E-state index contributed by atoms with van der Waals surface area (Å²) < 4.78 is 0. The van der Waals surface area contributed by atoms with Gasteiger partial charge in [0.2, 0.25) is 0 Å². The quantitative estimate of drug-likeness (QED) is 0.661. The van der Waals surface area contributed by atoms with Crippen LogP contribution in [0.4, 0.5) is 5.69 Å². The summed E-state index contributed by atoms with van der Waals surface area (Å²) in [6.45, 7) is 0. The van der Waals surface area contributed by atoms with Gasteiger partial charge in [0, 0.05) is 26.5 Å². The molecule has 13 heavy (non-hydrogen) atoms. The molecule has 0 unspecified atom stereocenters. The first kappa shape index (κ1) is 8.67. The highest BCUT2D eigenvalue weighted by Gasteiger charge is 2.02. The zero-order valence-electron chi connectivity index (χ0n) is 6.72. The van der Waals surface area contributed by atoms with Crippen LogP contribution in [0.2, 0.25) is 10.0 Å². The van der Waals surface area contributed by atoms with Gasteiger partial charge in [-0.2, -0.15) is 0 Å². The Kier molecular flexibility index (Phi) is 2.06. The van der Waals surface area contributed by atoms with Gasteiger partial charge in [-0.05, 0) is 18.2 Å². The molecule has 0 spiro atoms. The predicted octanol–water partition coefficient (Wildman–Crippen LogP) is 3.73. The van der Waals surface area contributed by atoms with E-state index in [-0.39, 0.29) is 0 Å². The molecule has 0 atom stereocenters. The fourth-order valence-electron chi connectivity index (χ4n) is 1.33. The van der Waals surface area contributed by atoms with Crippen LogP contribution in [0.15, 0.2) is 30.3 Å². The maximum atomic E-state index is 5.99. The molecule has 0 radical (unpaired) electrons. The standard InChI is InChI=1S/C10H7Cl2N/c11-6-4-8-7(9(12)5-6)2-1-3-10(8)13/h1-5H,13H2. The second kappa shape index (κ2) is 3.09. The molecule has 2 aromatic rings. The van der Waals surface area contributed by atoms with Gasteiger partial charge in [0.15, 0.2) is 0 Å². The van der Waals surface area contributed by atoms with Crippen molar-refractivity contribution in [2.24, 2.45) is 0 Å². The van der Waals surface area contributed by atoms with Crippen molar-refractivity contribution in [2.45, 2.75) is 0 Å². The monoisotopic (exact) mass is 211 g/mol. The Bertz CT molecular complexity index is 466. The third-order valence-electron chi connectivity index (χ3n) is 1.94. The summed E-state index contributed by atoms with van der Waals surface area (Å²) >= 11 is 11.9.